The third-order valence-electron chi connectivity index (χ3n) is 3.15. The molecule has 0 saturated carbocycles. The molecule has 4 heteroatoms. The van der Waals surface area contributed by atoms with Crippen molar-refractivity contribution in [2.24, 2.45) is 5.73 Å². The van der Waals surface area contributed by atoms with Crippen LogP contribution in [0.4, 0.5) is 10.1 Å². The molecule has 1 atom stereocenters. The van der Waals surface area contributed by atoms with Crippen molar-refractivity contribution in [3.63, 3.8) is 0 Å². The molecule has 2 aromatic rings. The Morgan fingerprint density at radius 1 is 1.32 bits per heavy atom. The van der Waals surface area contributed by atoms with Gasteiger partial charge in [0.15, 0.2) is 0 Å². The van der Waals surface area contributed by atoms with Gasteiger partial charge in [-0.05, 0) is 36.8 Å². The average molecular weight is 259 g/mol. The lowest BCUT2D eigenvalue weighted by atomic mass is 10.1. The van der Waals surface area contributed by atoms with E-state index >= 15 is 0 Å². The van der Waals surface area contributed by atoms with Crippen molar-refractivity contribution in [3.05, 3.63) is 60.2 Å². The molecule has 0 aliphatic rings. The van der Waals surface area contributed by atoms with Gasteiger partial charge in [0, 0.05) is 31.2 Å². The van der Waals surface area contributed by atoms with E-state index in [4.69, 9.17) is 5.73 Å². The number of hydrogen-bond acceptors (Lipinski definition) is 3. The molecule has 1 aromatic heterocycles. The Morgan fingerprint density at radius 3 is 2.74 bits per heavy atom. The van der Waals surface area contributed by atoms with Crippen molar-refractivity contribution < 1.29 is 4.39 Å². The normalized spacial score (nSPS) is 12.2. The number of rotatable bonds is 5. The van der Waals surface area contributed by atoms with Crippen LogP contribution in [0.5, 0.6) is 0 Å². The minimum atomic E-state index is -0.238. The van der Waals surface area contributed by atoms with Crippen molar-refractivity contribution in [1.29, 1.82) is 0 Å². The fraction of sp³-hybridized carbons (Fsp3) is 0.267. The highest BCUT2D eigenvalue weighted by Crippen LogP contribution is 2.26. The van der Waals surface area contributed by atoms with E-state index in [0.717, 1.165) is 17.8 Å². The summed E-state index contributed by atoms with van der Waals surface area (Å²) in [6, 6.07) is 10.5. The summed E-state index contributed by atoms with van der Waals surface area (Å²) < 4.78 is 13.4. The molecule has 1 aromatic carbocycles. The molecule has 1 unspecified atom stereocenters. The van der Waals surface area contributed by atoms with Crippen LogP contribution in [0.15, 0.2) is 48.8 Å². The van der Waals surface area contributed by atoms with Gasteiger partial charge in [0.1, 0.15) is 5.82 Å². The SMILES string of the molecule is CCN(c1cccc(F)c1)C(CN)c1cccnc1. The highest BCUT2D eigenvalue weighted by Gasteiger charge is 2.18. The third-order valence-corrected chi connectivity index (χ3v) is 3.15. The molecule has 0 radical (unpaired) electrons. The van der Waals surface area contributed by atoms with E-state index in [9.17, 15) is 4.39 Å². The van der Waals surface area contributed by atoms with E-state index < -0.39 is 0 Å². The molecular weight excluding hydrogens is 241 g/mol. The minimum absolute atomic E-state index is 0.000463. The van der Waals surface area contributed by atoms with Crippen LogP contribution in [-0.4, -0.2) is 18.1 Å². The first kappa shape index (κ1) is 13.5. The predicted octanol–water partition coefficient (Wildman–Crippen LogP) is 2.75. The Morgan fingerprint density at radius 2 is 2.16 bits per heavy atom. The van der Waals surface area contributed by atoms with Crippen LogP contribution < -0.4 is 10.6 Å². The number of pyridine rings is 1. The van der Waals surface area contributed by atoms with Gasteiger partial charge < -0.3 is 10.6 Å². The summed E-state index contributed by atoms with van der Waals surface area (Å²) in [5.74, 6) is -0.238. The number of anilines is 1. The Bertz CT molecular complexity index is 516. The summed E-state index contributed by atoms with van der Waals surface area (Å²) in [7, 11) is 0. The summed E-state index contributed by atoms with van der Waals surface area (Å²) >= 11 is 0. The third kappa shape index (κ3) is 3.09. The van der Waals surface area contributed by atoms with Gasteiger partial charge in [0.25, 0.3) is 0 Å². The second-order valence-electron chi connectivity index (χ2n) is 4.30. The Kier molecular flexibility index (Phi) is 4.47. The highest BCUT2D eigenvalue weighted by atomic mass is 19.1. The van der Waals surface area contributed by atoms with Crippen LogP contribution in [0.1, 0.15) is 18.5 Å². The maximum Gasteiger partial charge on any atom is 0.125 e. The van der Waals surface area contributed by atoms with Crippen LogP contribution in [0.25, 0.3) is 0 Å². The lowest BCUT2D eigenvalue weighted by Crippen LogP contribution is -2.33. The fourth-order valence-corrected chi connectivity index (χ4v) is 2.25. The minimum Gasteiger partial charge on any atom is -0.363 e. The van der Waals surface area contributed by atoms with E-state index in [1.165, 1.54) is 12.1 Å². The molecule has 0 amide bonds. The summed E-state index contributed by atoms with van der Waals surface area (Å²) in [4.78, 5) is 6.21. The maximum atomic E-state index is 13.4. The summed E-state index contributed by atoms with van der Waals surface area (Å²) in [5, 5.41) is 0. The zero-order valence-corrected chi connectivity index (χ0v) is 11.0. The lowest BCUT2D eigenvalue weighted by molar-refractivity contribution is 0.615. The van der Waals surface area contributed by atoms with E-state index in [0.29, 0.717) is 6.54 Å². The molecule has 100 valence electrons. The average Bonchev–Trinajstić information content (AvgIpc) is 2.45. The number of halogens is 1. The van der Waals surface area contributed by atoms with Gasteiger partial charge in [-0.1, -0.05) is 12.1 Å². The summed E-state index contributed by atoms with van der Waals surface area (Å²) in [6.07, 6.45) is 3.54. The predicted molar refractivity (Wildman–Crippen MR) is 75.5 cm³/mol. The summed E-state index contributed by atoms with van der Waals surface area (Å²) in [5.41, 5.74) is 7.77. The highest BCUT2D eigenvalue weighted by molar-refractivity contribution is 5.49. The van der Waals surface area contributed by atoms with Crippen molar-refractivity contribution in [2.75, 3.05) is 18.0 Å². The number of likely N-dealkylation sites (N-methyl/N-ethyl adjacent to an activating group) is 1. The van der Waals surface area contributed by atoms with Crippen LogP contribution >= 0.6 is 0 Å². The molecule has 3 nitrogen and oxygen atoms in total. The van der Waals surface area contributed by atoms with Crippen molar-refractivity contribution in [1.82, 2.24) is 4.98 Å². The van der Waals surface area contributed by atoms with Gasteiger partial charge >= 0.3 is 0 Å². The smallest absolute Gasteiger partial charge is 0.125 e. The molecule has 1 heterocycles. The van der Waals surface area contributed by atoms with Gasteiger partial charge in [0.05, 0.1) is 6.04 Å². The van der Waals surface area contributed by atoms with Gasteiger partial charge in [-0.15, -0.1) is 0 Å². The lowest BCUT2D eigenvalue weighted by Gasteiger charge is -2.32. The second-order valence-corrected chi connectivity index (χ2v) is 4.30. The van der Waals surface area contributed by atoms with Gasteiger partial charge in [-0.25, -0.2) is 4.39 Å². The molecule has 0 aliphatic heterocycles. The Balaban J connectivity index is 2.34. The molecule has 0 bridgehead atoms. The molecule has 19 heavy (non-hydrogen) atoms. The van der Waals surface area contributed by atoms with Crippen LogP contribution in [0, 0.1) is 5.82 Å². The van der Waals surface area contributed by atoms with Crippen LogP contribution in [0.2, 0.25) is 0 Å². The molecule has 0 aliphatic carbocycles. The molecule has 2 rings (SSSR count). The molecule has 0 saturated heterocycles. The number of nitrogens with zero attached hydrogens (tertiary/aromatic N) is 2. The first-order chi connectivity index (χ1) is 9.26. The van der Waals surface area contributed by atoms with Gasteiger partial charge in [-0.2, -0.15) is 0 Å². The monoisotopic (exact) mass is 259 g/mol. The van der Waals surface area contributed by atoms with Crippen LogP contribution in [-0.2, 0) is 0 Å². The number of hydrogen-bond donors (Lipinski definition) is 1. The fourth-order valence-electron chi connectivity index (χ4n) is 2.25. The quantitative estimate of drug-likeness (QED) is 0.897. The second kappa shape index (κ2) is 6.29. The molecule has 0 fully saturated rings. The first-order valence-electron chi connectivity index (χ1n) is 6.38. The largest absolute Gasteiger partial charge is 0.363 e. The topological polar surface area (TPSA) is 42.1 Å². The Hall–Kier alpha value is -1.94. The Labute approximate surface area is 112 Å². The van der Waals surface area contributed by atoms with E-state index in [1.807, 2.05) is 25.1 Å². The zero-order chi connectivity index (χ0) is 13.7. The molecule has 0 spiro atoms. The van der Waals surface area contributed by atoms with Crippen molar-refractivity contribution >= 4 is 5.69 Å². The number of nitrogens with two attached hydrogens (primary N) is 1. The van der Waals surface area contributed by atoms with Crippen molar-refractivity contribution in [2.45, 2.75) is 13.0 Å². The van der Waals surface area contributed by atoms with Gasteiger partial charge in [0.2, 0.25) is 0 Å². The number of aromatic nitrogens is 1. The van der Waals surface area contributed by atoms with Crippen molar-refractivity contribution in [3.8, 4) is 0 Å². The zero-order valence-electron chi connectivity index (χ0n) is 11.0. The van der Waals surface area contributed by atoms with E-state index in [1.54, 1.807) is 18.5 Å². The molecule has 2 N–H and O–H groups in total. The van der Waals surface area contributed by atoms with Gasteiger partial charge in [-0.3, -0.25) is 4.98 Å². The molecular formula is C15H18FN3. The van der Waals surface area contributed by atoms with Crippen LogP contribution in [0.3, 0.4) is 0 Å². The summed E-state index contributed by atoms with van der Waals surface area (Å²) in [6.45, 7) is 3.24. The number of benzene rings is 1. The standard InChI is InChI=1S/C15H18FN3/c1-2-19(14-7-3-6-13(16)9-14)15(10-17)12-5-4-8-18-11-12/h3-9,11,15H,2,10,17H2,1H3. The van der Waals surface area contributed by atoms with E-state index in [2.05, 4.69) is 9.88 Å². The first-order valence-corrected chi connectivity index (χ1v) is 6.38. The van der Waals surface area contributed by atoms with E-state index in [-0.39, 0.29) is 11.9 Å². The maximum absolute atomic E-state index is 13.4.